The molecular weight excluding hydrogens is 352 g/mol. The summed E-state index contributed by atoms with van der Waals surface area (Å²) in [5.41, 5.74) is 3.48. The molecule has 2 saturated heterocycles. The summed E-state index contributed by atoms with van der Waals surface area (Å²) in [7, 11) is 0. The van der Waals surface area contributed by atoms with E-state index in [-0.39, 0.29) is 5.91 Å². The zero-order valence-corrected chi connectivity index (χ0v) is 16.4. The predicted molar refractivity (Wildman–Crippen MR) is 112 cm³/mol. The lowest BCUT2D eigenvalue weighted by molar-refractivity contribution is 0.102. The molecular formula is C22H28N4O2. The molecule has 0 bridgehead atoms. The molecule has 6 heteroatoms. The average molecular weight is 380 g/mol. The summed E-state index contributed by atoms with van der Waals surface area (Å²) in [5, 5.41) is 3.08. The van der Waals surface area contributed by atoms with Crippen LogP contribution in [0.5, 0.6) is 0 Å². The van der Waals surface area contributed by atoms with Crippen molar-refractivity contribution in [3.05, 3.63) is 48.3 Å². The first kappa shape index (κ1) is 18.7. The number of amides is 1. The molecule has 2 aliphatic rings. The van der Waals surface area contributed by atoms with Crippen molar-refractivity contribution in [3.63, 3.8) is 0 Å². The van der Waals surface area contributed by atoms with Gasteiger partial charge in [-0.15, -0.1) is 0 Å². The molecule has 2 aromatic rings. The maximum Gasteiger partial charge on any atom is 0.257 e. The normalized spacial score (nSPS) is 20.1. The minimum absolute atomic E-state index is 0.125. The minimum atomic E-state index is -0.125. The van der Waals surface area contributed by atoms with E-state index >= 15 is 0 Å². The molecule has 0 aliphatic carbocycles. The van der Waals surface area contributed by atoms with E-state index in [0.717, 1.165) is 43.2 Å². The second-order valence-corrected chi connectivity index (χ2v) is 7.70. The van der Waals surface area contributed by atoms with Crippen molar-refractivity contribution in [1.82, 2.24) is 4.98 Å². The lowest BCUT2D eigenvalue weighted by Crippen LogP contribution is -2.36. The van der Waals surface area contributed by atoms with E-state index in [4.69, 9.17) is 4.74 Å². The molecule has 1 aromatic carbocycles. The molecule has 28 heavy (non-hydrogen) atoms. The number of hydrogen-bond donors (Lipinski definition) is 1. The molecule has 3 heterocycles. The predicted octanol–water partition coefficient (Wildman–Crippen LogP) is 3.41. The Morgan fingerprint density at radius 1 is 1.14 bits per heavy atom. The van der Waals surface area contributed by atoms with Crippen molar-refractivity contribution >= 4 is 23.0 Å². The van der Waals surface area contributed by atoms with Gasteiger partial charge >= 0.3 is 0 Å². The van der Waals surface area contributed by atoms with Gasteiger partial charge in [0.1, 0.15) is 0 Å². The van der Waals surface area contributed by atoms with Gasteiger partial charge in [-0.3, -0.25) is 9.78 Å². The Balaban J connectivity index is 1.51. The summed E-state index contributed by atoms with van der Waals surface area (Å²) in [4.78, 5) is 21.9. The summed E-state index contributed by atoms with van der Waals surface area (Å²) in [6.45, 7) is 7.40. The van der Waals surface area contributed by atoms with Gasteiger partial charge in [0.05, 0.1) is 42.0 Å². The highest BCUT2D eigenvalue weighted by molar-refractivity contribution is 6.06. The highest BCUT2D eigenvalue weighted by Crippen LogP contribution is 2.27. The third-order valence-corrected chi connectivity index (χ3v) is 5.51. The zero-order valence-electron chi connectivity index (χ0n) is 16.4. The minimum Gasteiger partial charge on any atom is -0.378 e. The van der Waals surface area contributed by atoms with Crippen LogP contribution in [0.1, 0.15) is 30.1 Å². The number of nitrogens with one attached hydrogen (secondary N) is 1. The van der Waals surface area contributed by atoms with E-state index in [1.807, 2.05) is 36.5 Å². The van der Waals surface area contributed by atoms with Crippen LogP contribution in [0, 0.1) is 5.92 Å². The first-order chi connectivity index (χ1) is 13.7. The molecule has 0 saturated carbocycles. The number of carbonyl (C=O) groups excluding carboxylic acids is 1. The fourth-order valence-electron chi connectivity index (χ4n) is 4.00. The molecule has 6 nitrogen and oxygen atoms in total. The Bertz CT molecular complexity index is 820. The van der Waals surface area contributed by atoms with Gasteiger partial charge in [-0.1, -0.05) is 19.1 Å². The second kappa shape index (κ2) is 8.61. The highest BCUT2D eigenvalue weighted by Gasteiger charge is 2.19. The number of benzene rings is 1. The fourth-order valence-corrected chi connectivity index (χ4v) is 4.00. The van der Waals surface area contributed by atoms with E-state index in [9.17, 15) is 4.79 Å². The molecule has 4 rings (SSSR count). The van der Waals surface area contributed by atoms with Gasteiger partial charge in [0, 0.05) is 32.4 Å². The number of aromatic nitrogens is 1. The van der Waals surface area contributed by atoms with Gasteiger partial charge in [0.25, 0.3) is 5.91 Å². The number of pyridine rings is 1. The molecule has 1 unspecified atom stereocenters. The van der Waals surface area contributed by atoms with Crippen molar-refractivity contribution in [2.75, 3.05) is 54.5 Å². The van der Waals surface area contributed by atoms with Crippen LogP contribution in [0.3, 0.4) is 0 Å². The number of hydrogen-bond acceptors (Lipinski definition) is 5. The molecule has 148 valence electrons. The van der Waals surface area contributed by atoms with Crippen LogP contribution in [-0.2, 0) is 4.74 Å². The monoisotopic (exact) mass is 380 g/mol. The van der Waals surface area contributed by atoms with Crippen LogP contribution < -0.4 is 15.1 Å². The average Bonchev–Trinajstić information content (AvgIpc) is 2.75. The Morgan fingerprint density at radius 3 is 2.79 bits per heavy atom. The summed E-state index contributed by atoms with van der Waals surface area (Å²) in [6.07, 6.45) is 5.95. The van der Waals surface area contributed by atoms with Crippen molar-refractivity contribution in [2.24, 2.45) is 5.92 Å². The van der Waals surface area contributed by atoms with Gasteiger partial charge in [-0.2, -0.15) is 0 Å². The Hall–Kier alpha value is -2.60. The van der Waals surface area contributed by atoms with Gasteiger partial charge < -0.3 is 19.9 Å². The summed E-state index contributed by atoms with van der Waals surface area (Å²) < 4.78 is 5.45. The molecule has 1 amide bonds. The molecule has 1 atom stereocenters. The van der Waals surface area contributed by atoms with Crippen LogP contribution in [0.15, 0.2) is 42.7 Å². The zero-order chi connectivity index (χ0) is 19.3. The maximum atomic E-state index is 12.9. The molecule has 0 radical (unpaired) electrons. The third-order valence-electron chi connectivity index (χ3n) is 5.51. The second-order valence-electron chi connectivity index (χ2n) is 7.70. The fraction of sp³-hybridized carbons (Fsp3) is 0.455. The van der Waals surface area contributed by atoms with Gasteiger partial charge in [0.2, 0.25) is 0 Å². The number of carbonyl (C=O) groups is 1. The van der Waals surface area contributed by atoms with Crippen LogP contribution in [0.25, 0.3) is 0 Å². The third kappa shape index (κ3) is 4.28. The van der Waals surface area contributed by atoms with Crippen molar-refractivity contribution in [1.29, 1.82) is 0 Å². The van der Waals surface area contributed by atoms with Crippen LogP contribution in [0.2, 0.25) is 0 Å². The van der Waals surface area contributed by atoms with Crippen LogP contribution in [-0.4, -0.2) is 50.3 Å². The van der Waals surface area contributed by atoms with Gasteiger partial charge in [-0.05, 0) is 37.0 Å². The van der Waals surface area contributed by atoms with E-state index < -0.39 is 0 Å². The molecule has 1 N–H and O–H groups in total. The van der Waals surface area contributed by atoms with Crippen LogP contribution in [0.4, 0.5) is 17.1 Å². The van der Waals surface area contributed by atoms with Crippen molar-refractivity contribution in [2.45, 2.75) is 19.8 Å². The molecule has 1 aromatic heterocycles. The van der Waals surface area contributed by atoms with Crippen molar-refractivity contribution in [3.8, 4) is 0 Å². The van der Waals surface area contributed by atoms with Gasteiger partial charge in [-0.25, -0.2) is 0 Å². The van der Waals surface area contributed by atoms with E-state index in [1.165, 1.54) is 12.8 Å². The highest BCUT2D eigenvalue weighted by atomic mass is 16.5. The Kier molecular flexibility index (Phi) is 5.76. The first-order valence-electron chi connectivity index (χ1n) is 10.1. The topological polar surface area (TPSA) is 57.7 Å². The molecule has 2 aliphatic heterocycles. The number of para-hydroxylation sites is 2. The van der Waals surface area contributed by atoms with Crippen molar-refractivity contribution < 1.29 is 9.53 Å². The largest absolute Gasteiger partial charge is 0.378 e. The number of piperidine rings is 1. The molecule has 0 spiro atoms. The number of ether oxygens (including phenoxy) is 1. The number of anilines is 3. The standard InChI is InChI=1S/C22H28N4O2/c1-17-5-4-8-26(16-17)19-13-18(14-23-15-19)22(27)24-20-6-2-3-7-21(20)25-9-11-28-12-10-25/h2-3,6-7,13-15,17H,4-5,8-12,16H2,1H3,(H,24,27). The Morgan fingerprint density at radius 2 is 1.96 bits per heavy atom. The maximum absolute atomic E-state index is 12.9. The smallest absolute Gasteiger partial charge is 0.257 e. The van der Waals surface area contributed by atoms with Gasteiger partial charge in [0.15, 0.2) is 0 Å². The SMILES string of the molecule is CC1CCCN(c2cncc(C(=O)Nc3ccccc3N3CCOCC3)c2)C1. The first-order valence-corrected chi connectivity index (χ1v) is 10.1. The Labute approximate surface area is 166 Å². The quantitative estimate of drug-likeness (QED) is 0.881. The lowest BCUT2D eigenvalue weighted by Gasteiger charge is -2.32. The summed E-state index contributed by atoms with van der Waals surface area (Å²) in [6, 6.07) is 9.90. The molecule has 2 fully saturated rings. The number of rotatable bonds is 4. The van der Waals surface area contributed by atoms with E-state index in [1.54, 1.807) is 6.20 Å². The van der Waals surface area contributed by atoms with E-state index in [2.05, 4.69) is 27.0 Å². The lowest BCUT2D eigenvalue weighted by atomic mass is 10.00. The van der Waals surface area contributed by atoms with Crippen LogP contribution >= 0.6 is 0 Å². The number of nitrogens with zero attached hydrogens (tertiary/aromatic N) is 3. The summed E-state index contributed by atoms with van der Waals surface area (Å²) in [5.74, 6) is 0.548. The van der Waals surface area contributed by atoms with E-state index in [0.29, 0.717) is 24.7 Å². The summed E-state index contributed by atoms with van der Waals surface area (Å²) >= 11 is 0. The number of morpholine rings is 1.